The van der Waals surface area contributed by atoms with Gasteiger partial charge in [-0.15, -0.1) is 0 Å². The fraction of sp³-hybridized carbons (Fsp3) is 0.500. The largest absolute Gasteiger partial charge is 0.481 e. The molecule has 0 aliphatic heterocycles. The zero-order valence-corrected chi connectivity index (χ0v) is 7.04. The molecule has 1 N–H and O–H groups in total. The summed E-state index contributed by atoms with van der Waals surface area (Å²) in [5.74, 6) is 0.461. The van der Waals surface area contributed by atoms with Gasteiger partial charge >= 0.3 is 5.97 Å². The Morgan fingerprint density at radius 1 is 1.70 bits per heavy atom. The summed E-state index contributed by atoms with van der Waals surface area (Å²) in [5, 5.41) is 8.78. The summed E-state index contributed by atoms with van der Waals surface area (Å²) >= 11 is 6.91. The van der Waals surface area contributed by atoms with Crippen LogP contribution in [0.4, 0.5) is 0 Å². The van der Waals surface area contributed by atoms with Crippen molar-refractivity contribution >= 4 is 29.3 Å². The molecule has 58 valence electrons. The second-order valence-electron chi connectivity index (χ2n) is 1.71. The quantitative estimate of drug-likeness (QED) is 0.658. The van der Waals surface area contributed by atoms with Gasteiger partial charge in [-0.3, -0.25) is 4.79 Å². The third-order valence-corrected chi connectivity index (χ3v) is 2.06. The van der Waals surface area contributed by atoms with Crippen LogP contribution in [0.15, 0.2) is 11.6 Å². The molecule has 0 radical (unpaired) electrons. The molecule has 0 saturated heterocycles. The Labute approximate surface area is 69.3 Å². The van der Waals surface area contributed by atoms with Gasteiger partial charge in [-0.2, -0.15) is 11.8 Å². The van der Waals surface area contributed by atoms with Crippen LogP contribution in [0.5, 0.6) is 0 Å². The van der Waals surface area contributed by atoms with E-state index in [4.69, 9.17) is 16.7 Å². The molecule has 0 aromatic carbocycles. The second kappa shape index (κ2) is 5.62. The smallest absolute Gasteiger partial charge is 0.304 e. The minimum absolute atomic E-state index is 0.189. The molecular formula is C6H9ClO2S. The van der Waals surface area contributed by atoms with Gasteiger partial charge in [0.2, 0.25) is 0 Å². The van der Waals surface area contributed by atoms with Crippen LogP contribution in [-0.2, 0) is 4.79 Å². The van der Waals surface area contributed by atoms with E-state index in [1.807, 2.05) is 0 Å². The Hall–Kier alpha value is -0.150. The van der Waals surface area contributed by atoms with Crippen LogP contribution in [0, 0.1) is 0 Å². The number of aliphatic carboxylic acids is 1. The van der Waals surface area contributed by atoms with E-state index in [0.717, 1.165) is 0 Å². The molecule has 0 unspecified atom stereocenters. The fourth-order valence-corrected chi connectivity index (χ4v) is 1.26. The van der Waals surface area contributed by atoms with Crippen LogP contribution < -0.4 is 0 Å². The standard InChI is InChI=1S/C6H9ClO2S/c1-5(7)4-10-3-2-6(8)9/h1-4H2,(H,8,9). The Kier molecular flexibility index (Phi) is 5.54. The monoisotopic (exact) mass is 180 g/mol. The van der Waals surface area contributed by atoms with Crippen LogP contribution in [-0.4, -0.2) is 22.6 Å². The SMILES string of the molecule is C=C(Cl)CSCCC(=O)O. The van der Waals surface area contributed by atoms with Crippen LogP contribution in [0.25, 0.3) is 0 Å². The van der Waals surface area contributed by atoms with Gasteiger partial charge in [0, 0.05) is 16.5 Å². The lowest BCUT2D eigenvalue weighted by Crippen LogP contribution is -1.96. The lowest BCUT2D eigenvalue weighted by molar-refractivity contribution is -0.136. The van der Waals surface area contributed by atoms with Crippen LogP contribution in [0.1, 0.15) is 6.42 Å². The van der Waals surface area contributed by atoms with Gasteiger partial charge in [0.15, 0.2) is 0 Å². The minimum Gasteiger partial charge on any atom is -0.481 e. The van der Waals surface area contributed by atoms with E-state index < -0.39 is 5.97 Å². The predicted molar refractivity (Wildman–Crippen MR) is 44.6 cm³/mol. The summed E-state index contributed by atoms with van der Waals surface area (Å²) in [6.45, 7) is 3.47. The highest BCUT2D eigenvalue weighted by Crippen LogP contribution is 2.09. The van der Waals surface area contributed by atoms with Crippen LogP contribution >= 0.6 is 23.4 Å². The van der Waals surface area contributed by atoms with Crippen molar-refractivity contribution in [3.8, 4) is 0 Å². The summed E-state index contributed by atoms with van der Waals surface area (Å²) < 4.78 is 0. The van der Waals surface area contributed by atoms with Crippen LogP contribution in [0.3, 0.4) is 0 Å². The highest BCUT2D eigenvalue weighted by molar-refractivity contribution is 7.99. The summed E-state index contributed by atoms with van der Waals surface area (Å²) in [6.07, 6.45) is 0.189. The average Bonchev–Trinajstić information content (AvgIpc) is 1.79. The number of thioether (sulfide) groups is 1. The molecule has 0 atom stereocenters. The maximum atomic E-state index is 9.98. The number of halogens is 1. The van der Waals surface area contributed by atoms with E-state index >= 15 is 0 Å². The molecule has 0 bridgehead atoms. The third kappa shape index (κ3) is 7.85. The topological polar surface area (TPSA) is 37.3 Å². The van der Waals surface area contributed by atoms with Gasteiger partial charge in [-0.05, 0) is 0 Å². The molecular weight excluding hydrogens is 172 g/mol. The first-order chi connectivity index (χ1) is 4.63. The number of carboxylic acids is 1. The molecule has 0 rings (SSSR count). The van der Waals surface area contributed by atoms with E-state index in [0.29, 0.717) is 16.5 Å². The van der Waals surface area contributed by atoms with Crippen LogP contribution in [0.2, 0.25) is 0 Å². The van der Waals surface area contributed by atoms with Gasteiger partial charge < -0.3 is 5.11 Å². The predicted octanol–water partition coefficient (Wildman–Crippen LogP) is 1.95. The summed E-state index contributed by atoms with van der Waals surface area (Å²) in [4.78, 5) is 9.98. The van der Waals surface area contributed by atoms with Crippen molar-refractivity contribution in [3.63, 3.8) is 0 Å². The van der Waals surface area contributed by atoms with Crippen molar-refractivity contribution in [1.29, 1.82) is 0 Å². The lowest BCUT2D eigenvalue weighted by Gasteiger charge is -1.94. The fourth-order valence-electron chi connectivity index (χ4n) is 0.342. The van der Waals surface area contributed by atoms with Crippen molar-refractivity contribution in [1.82, 2.24) is 0 Å². The van der Waals surface area contributed by atoms with E-state index in [2.05, 4.69) is 6.58 Å². The summed E-state index contributed by atoms with van der Waals surface area (Å²) in [6, 6.07) is 0. The first kappa shape index (κ1) is 9.85. The van der Waals surface area contributed by atoms with Gasteiger partial charge in [-0.25, -0.2) is 0 Å². The molecule has 0 amide bonds. The molecule has 10 heavy (non-hydrogen) atoms. The Balaban J connectivity index is 3.06. The third-order valence-electron chi connectivity index (χ3n) is 0.719. The Morgan fingerprint density at radius 2 is 2.30 bits per heavy atom. The number of rotatable bonds is 5. The molecule has 2 nitrogen and oxygen atoms in total. The molecule has 0 aromatic heterocycles. The first-order valence-corrected chi connectivity index (χ1v) is 4.29. The molecule has 0 fully saturated rings. The van der Waals surface area contributed by atoms with Crippen molar-refractivity contribution in [2.24, 2.45) is 0 Å². The Morgan fingerprint density at radius 3 is 2.70 bits per heavy atom. The number of carboxylic acid groups (broad SMARTS) is 1. The first-order valence-electron chi connectivity index (χ1n) is 2.75. The maximum Gasteiger partial charge on any atom is 0.304 e. The normalized spacial score (nSPS) is 9.30. The number of hydrogen-bond acceptors (Lipinski definition) is 2. The molecule has 0 aliphatic carbocycles. The van der Waals surface area contributed by atoms with Gasteiger partial charge in [-0.1, -0.05) is 18.2 Å². The van der Waals surface area contributed by atoms with E-state index in [9.17, 15) is 4.79 Å². The number of carbonyl (C=O) groups is 1. The summed E-state index contributed by atoms with van der Waals surface area (Å²) in [7, 11) is 0. The van der Waals surface area contributed by atoms with Gasteiger partial charge in [0.25, 0.3) is 0 Å². The molecule has 0 saturated carbocycles. The molecule has 0 heterocycles. The zero-order valence-electron chi connectivity index (χ0n) is 5.47. The number of hydrogen-bond donors (Lipinski definition) is 1. The molecule has 0 spiro atoms. The van der Waals surface area contributed by atoms with Gasteiger partial charge in [0.1, 0.15) is 0 Å². The summed E-state index contributed by atoms with van der Waals surface area (Å²) in [5.41, 5.74) is 0. The van der Waals surface area contributed by atoms with E-state index in [1.54, 1.807) is 0 Å². The lowest BCUT2D eigenvalue weighted by atomic mass is 10.5. The van der Waals surface area contributed by atoms with Crippen molar-refractivity contribution in [2.75, 3.05) is 11.5 Å². The van der Waals surface area contributed by atoms with E-state index in [1.165, 1.54) is 11.8 Å². The van der Waals surface area contributed by atoms with Crippen molar-refractivity contribution < 1.29 is 9.90 Å². The van der Waals surface area contributed by atoms with Crippen molar-refractivity contribution in [2.45, 2.75) is 6.42 Å². The van der Waals surface area contributed by atoms with Crippen molar-refractivity contribution in [3.05, 3.63) is 11.6 Å². The average molecular weight is 181 g/mol. The molecule has 4 heteroatoms. The zero-order chi connectivity index (χ0) is 7.98. The van der Waals surface area contributed by atoms with Gasteiger partial charge in [0.05, 0.1) is 6.42 Å². The Bertz CT molecular complexity index is 120. The van der Waals surface area contributed by atoms with E-state index in [-0.39, 0.29) is 6.42 Å². The highest BCUT2D eigenvalue weighted by atomic mass is 35.5. The highest BCUT2D eigenvalue weighted by Gasteiger charge is 1.96. The molecule has 0 aliphatic rings. The maximum absolute atomic E-state index is 9.98. The molecule has 0 aromatic rings. The second-order valence-corrected chi connectivity index (χ2v) is 3.35. The minimum atomic E-state index is -0.771.